The largest absolute Gasteiger partial charge is 0.297 e. The monoisotopic (exact) mass is 320 g/mol. The zero-order valence-corrected chi connectivity index (χ0v) is 14.7. The van der Waals surface area contributed by atoms with Crippen molar-refractivity contribution in [2.75, 3.05) is 32.7 Å². The maximum Gasteiger partial charge on any atom is 0.0234 e. The third-order valence-electron chi connectivity index (χ3n) is 4.78. The quantitative estimate of drug-likeness (QED) is 0.791. The van der Waals surface area contributed by atoms with Crippen LogP contribution in [0.5, 0.6) is 0 Å². The fourth-order valence-corrected chi connectivity index (χ4v) is 3.17. The van der Waals surface area contributed by atoms with Gasteiger partial charge in [-0.05, 0) is 23.1 Å². The van der Waals surface area contributed by atoms with Crippen LogP contribution in [0, 0.1) is 0 Å². The molecule has 0 atom stereocenters. The summed E-state index contributed by atoms with van der Waals surface area (Å²) in [6, 6.07) is 19.6. The van der Waals surface area contributed by atoms with Crippen LogP contribution in [0.1, 0.15) is 23.6 Å². The van der Waals surface area contributed by atoms with Crippen LogP contribution in [0.25, 0.3) is 6.08 Å². The van der Waals surface area contributed by atoms with E-state index in [0.717, 1.165) is 45.7 Å². The van der Waals surface area contributed by atoms with Crippen LogP contribution in [-0.4, -0.2) is 42.5 Å². The first-order valence-corrected chi connectivity index (χ1v) is 9.07. The Labute approximate surface area is 146 Å². The summed E-state index contributed by atoms with van der Waals surface area (Å²) in [4.78, 5) is 5.11. The first-order valence-electron chi connectivity index (χ1n) is 9.07. The number of hydrogen-bond acceptors (Lipinski definition) is 2. The van der Waals surface area contributed by atoms with Crippen molar-refractivity contribution in [3.63, 3.8) is 0 Å². The molecule has 2 heteroatoms. The van der Waals surface area contributed by atoms with Gasteiger partial charge in [0.05, 0.1) is 0 Å². The Balaban J connectivity index is 1.41. The normalized spacial score (nSPS) is 16.7. The van der Waals surface area contributed by atoms with Crippen LogP contribution in [0.15, 0.2) is 60.7 Å². The van der Waals surface area contributed by atoms with Crippen LogP contribution >= 0.6 is 0 Å². The highest BCUT2D eigenvalue weighted by Gasteiger charge is 2.15. The standard InChI is InChI=1S/C22H28N2/c1-2-20-10-12-22(13-11-20)19-24-17-15-23(16-18-24)14-6-9-21-7-4-3-5-8-21/h3-13H,2,14-19H2,1H3/b9-6+. The molecule has 0 aliphatic carbocycles. The number of piperazine rings is 1. The Hall–Kier alpha value is -1.90. The Morgan fingerprint density at radius 3 is 2.08 bits per heavy atom. The lowest BCUT2D eigenvalue weighted by molar-refractivity contribution is 0.137. The molecule has 1 saturated heterocycles. The van der Waals surface area contributed by atoms with Gasteiger partial charge in [-0.2, -0.15) is 0 Å². The molecule has 0 amide bonds. The molecule has 2 aromatic rings. The van der Waals surface area contributed by atoms with E-state index in [0.29, 0.717) is 0 Å². The fourth-order valence-electron chi connectivity index (χ4n) is 3.17. The second-order valence-corrected chi connectivity index (χ2v) is 6.56. The zero-order valence-electron chi connectivity index (χ0n) is 14.7. The molecule has 1 heterocycles. The van der Waals surface area contributed by atoms with Crippen molar-refractivity contribution in [2.24, 2.45) is 0 Å². The minimum Gasteiger partial charge on any atom is -0.297 e. The van der Waals surface area contributed by atoms with E-state index in [9.17, 15) is 0 Å². The van der Waals surface area contributed by atoms with E-state index in [4.69, 9.17) is 0 Å². The summed E-state index contributed by atoms with van der Waals surface area (Å²) in [7, 11) is 0. The van der Waals surface area contributed by atoms with Crippen LogP contribution in [0.3, 0.4) is 0 Å². The highest BCUT2D eigenvalue weighted by atomic mass is 15.3. The van der Waals surface area contributed by atoms with E-state index < -0.39 is 0 Å². The minimum atomic E-state index is 1.05. The molecule has 0 aromatic heterocycles. The maximum atomic E-state index is 2.57. The average Bonchev–Trinajstić information content (AvgIpc) is 2.65. The van der Waals surface area contributed by atoms with Crippen molar-refractivity contribution in [3.8, 4) is 0 Å². The Bertz CT molecular complexity index is 623. The average molecular weight is 320 g/mol. The molecule has 1 fully saturated rings. The first kappa shape index (κ1) is 16.9. The Kier molecular flexibility index (Phi) is 6.22. The SMILES string of the molecule is CCc1ccc(CN2CCN(C/C=C/c3ccccc3)CC2)cc1. The van der Waals surface area contributed by atoms with Gasteiger partial charge in [0.25, 0.3) is 0 Å². The second-order valence-electron chi connectivity index (χ2n) is 6.56. The van der Waals surface area contributed by atoms with Gasteiger partial charge in [-0.1, -0.05) is 73.7 Å². The molecule has 0 saturated carbocycles. The van der Waals surface area contributed by atoms with Gasteiger partial charge in [-0.15, -0.1) is 0 Å². The molecule has 0 bridgehead atoms. The molecule has 1 aliphatic rings. The molecule has 2 nitrogen and oxygen atoms in total. The summed E-state index contributed by atoms with van der Waals surface area (Å²) >= 11 is 0. The van der Waals surface area contributed by atoms with Gasteiger partial charge in [-0.3, -0.25) is 9.80 Å². The van der Waals surface area contributed by atoms with Crippen molar-refractivity contribution in [1.29, 1.82) is 0 Å². The van der Waals surface area contributed by atoms with Gasteiger partial charge in [0.2, 0.25) is 0 Å². The Morgan fingerprint density at radius 1 is 0.792 bits per heavy atom. The highest BCUT2D eigenvalue weighted by molar-refractivity contribution is 5.48. The summed E-state index contributed by atoms with van der Waals surface area (Å²) < 4.78 is 0. The van der Waals surface area contributed by atoms with Crippen LogP contribution < -0.4 is 0 Å². The summed E-state index contributed by atoms with van der Waals surface area (Å²) in [5.41, 5.74) is 4.14. The molecule has 3 rings (SSSR count). The molecule has 0 N–H and O–H groups in total. The molecular formula is C22H28N2. The molecule has 0 radical (unpaired) electrons. The van der Waals surface area contributed by atoms with E-state index in [2.05, 4.69) is 83.5 Å². The second kappa shape index (κ2) is 8.81. The number of benzene rings is 2. The van der Waals surface area contributed by atoms with Crippen molar-refractivity contribution in [2.45, 2.75) is 19.9 Å². The van der Waals surface area contributed by atoms with E-state index in [1.807, 2.05) is 0 Å². The predicted molar refractivity (Wildman–Crippen MR) is 103 cm³/mol. The smallest absolute Gasteiger partial charge is 0.0234 e. The topological polar surface area (TPSA) is 6.48 Å². The van der Waals surface area contributed by atoms with Gasteiger partial charge < -0.3 is 0 Å². The molecule has 0 spiro atoms. The lowest BCUT2D eigenvalue weighted by atomic mass is 10.1. The van der Waals surface area contributed by atoms with E-state index in [1.54, 1.807) is 0 Å². The van der Waals surface area contributed by atoms with E-state index in [1.165, 1.54) is 16.7 Å². The summed E-state index contributed by atoms with van der Waals surface area (Å²) in [5, 5.41) is 0. The third-order valence-corrected chi connectivity index (χ3v) is 4.78. The molecular weight excluding hydrogens is 292 g/mol. The van der Waals surface area contributed by atoms with Gasteiger partial charge >= 0.3 is 0 Å². The maximum absolute atomic E-state index is 2.57. The van der Waals surface area contributed by atoms with Gasteiger partial charge in [0, 0.05) is 39.3 Å². The molecule has 126 valence electrons. The predicted octanol–water partition coefficient (Wildman–Crippen LogP) is 4.08. The van der Waals surface area contributed by atoms with Gasteiger partial charge in [-0.25, -0.2) is 0 Å². The number of hydrogen-bond donors (Lipinski definition) is 0. The fraction of sp³-hybridized carbons (Fsp3) is 0.364. The minimum absolute atomic E-state index is 1.05. The summed E-state index contributed by atoms with van der Waals surface area (Å²) in [5.74, 6) is 0. The van der Waals surface area contributed by atoms with E-state index >= 15 is 0 Å². The van der Waals surface area contributed by atoms with Crippen LogP contribution in [-0.2, 0) is 13.0 Å². The summed E-state index contributed by atoms with van der Waals surface area (Å²) in [6.45, 7) is 8.98. The van der Waals surface area contributed by atoms with Crippen molar-refractivity contribution in [3.05, 3.63) is 77.4 Å². The molecule has 0 unspecified atom stereocenters. The van der Waals surface area contributed by atoms with Gasteiger partial charge in [0.15, 0.2) is 0 Å². The van der Waals surface area contributed by atoms with Crippen LogP contribution in [0.2, 0.25) is 0 Å². The van der Waals surface area contributed by atoms with Crippen LogP contribution in [0.4, 0.5) is 0 Å². The Morgan fingerprint density at radius 2 is 1.42 bits per heavy atom. The zero-order chi connectivity index (χ0) is 16.6. The lowest BCUT2D eigenvalue weighted by Gasteiger charge is -2.34. The summed E-state index contributed by atoms with van der Waals surface area (Å²) in [6.07, 6.45) is 5.63. The van der Waals surface area contributed by atoms with Crippen molar-refractivity contribution in [1.82, 2.24) is 9.80 Å². The van der Waals surface area contributed by atoms with Crippen molar-refractivity contribution < 1.29 is 0 Å². The number of rotatable bonds is 6. The first-order chi connectivity index (χ1) is 11.8. The number of nitrogens with zero attached hydrogens (tertiary/aromatic N) is 2. The molecule has 24 heavy (non-hydrogen) atoms. The highest BCUT2D eigenvalue weighted by Crippen LogP contribution is 2.11. The molecule has 2 aromatic carbocycles. The molecule has 1 aliphatic heterocycles. The van der Waals surface area contributed by atoms with Crippen molar-refractivity contribution >= 4 is 6.08 Å². The van der Waals surface area contributed by atoms with E-state index in [-0.39, 0.29) is 0 Å². The third kappa shape index (κ3) is 5.05. The van der Waals surface area contributed by atoms with Gasteiger partial charge in [0.1, 0.15) is 0 Å². The number of aryl methyl sites for hydroxylation is 1. The lowest BCUT2D eigenvalue weighted by Crippen LogP contribution is -2.45.